The van der Waals surface area contributed by atoms with E-state index in [1.165, 1.54) is 6.07 Å². The van der Waals surface area contributed by atoms with Gasteiger partial charge in [-0.05, 0) is 41.6 Å². The zero-order chi connectivity index (χ0) is 21.8. The van der Waals surface area contributed by atoms with Crippen LogP contribution in [-0.4, -0.2) is 14.3 Å². The molecule has 158 valence electrons. The summed E-state index contributed by atoms with van der Waals surface area (Å²) in [4.78, 5) is 12.4. The number of carbonyl (C=O) groups excluding carboxylic acids is 1. The monoisotopic (exact) mass is 453 g/mol. The highest BCUT2D eigenvalue weighted by Gasteiger charge is 2.24. The van der Waals surface area contributed by atoms with Crippen molar-refractivity contribution in [3.05, 3.63) is 94.4 Å². The number of aryl methyl sites for hydroxylation is 1. The molecule has 0 aliphatic carbocycles. The smallest absolute Gasteiger partial charge is 0.297 e. The van der Waals surface area contributed by atoms with Crippen molar-refractivity contribution in [3.8, 4) is 16.9 Å². The lowest BCUT2D eigenvalue weighted by atomic mass is 10.1. The molecule has 4 aromatic rings. The molecule has 6 nitrogen and oxygen atoms in total. The maximum Gasteiger partial charge on any atom is 0.297 e. The van der Waals surface area contributed by atoms with Crippen LogP contribution in [0.1, 0.15) is 21.0 Å². The second-order valence-corrected chi connectivity index (χ2v) is 9.30. The molecule has 1 N–H and O–H groups in total. The van der Waals surface area contributed by atoms with E-state index in [9.17, 15) is 13.2 Å². The molecule has 1 amide bonds. The van der Waals surface area contributed by atoms with Crippen LogP contribution in [0.4, 0.5) is 0 Å². The summed E-state index contributed by atoms with van der Waals surface area (Å²) in [6.07, 6.45) is 0. The third kappa shape index (κ3) is 4.87. The summed E-state index contributed by atoms with van der Waals surface area (Å²) in [5.41, 5.74) is 2.76. The van der Waals surface area contributed by atoms with Crippen LogP contribution >= 0.6 is 11.3 Å². The zero-order valence-electron chi connectivity index (χ0n) is 16.6. The summed E-state index contributed by atoms with van der Waals surface area (Å²) in [7, 11) is -4.12. The number of thiophene rings is 1. The normalized spacial score (nSPS) is 11.3. The maximum absolute atomic E-state index is 12.5. The number of benzene rings is 2. The molecule has 0 aliphatic heterocycles. The van der Waals surface area contributed by atoms with Gasteiger partial charge in [0.2, 0.25) is 5.09 Å². The van der Waals surface area contributed by atoms with Crippen molar-refractivity contribution in [2.45, 2.75) is 18.6 Å². The van der Waals surface area contributed by atoms with E-state index in [4.69, 9.17) is 9.15 Å². The first-order valence-electron chi connectivity index (χ1n) is 9.40. The summed E-state index contributed by atoms with van der Waals surface area (Å²) < 4.78 is 38.2. The highest BCUT2D eigenvalue weighted by Crippen LogP contribution is 2.24. The van der Waals surface area contributed by atoms with Gasteiger partial charge in [-0.15, -0.1) is 11.3 Å². The van der Waals surface area contributed by atoms with Gasteiger partial charge in [-0.2, -0.15) is 8.42 Å². The molecule has 0 saturated carbocycles. The lowest BCUT2D eigenvalue weighted by Crippen LogP contribution is -2.29. The first kappa shape index (κ1) is 20.9. The van der Waals surface area contributed by atoms with E-state index in [-0.39, 0.29) is 11.7 Å². The fraction of sp³-hybridized carbons (Fsp3) is 0.0870. The van der Waals surface area contributed by atoms with E-state index in [1.54, 1.807) is 24.4 Å². The van der Waals surface area contributed by atoms with Crippen LogP contribution in [-0.2, 0) is 16.6 Å². The molecule has 0 unspecified atom stereocenters. The highest BCUT2D eigenvalue weighted by molar-refractivity contribution is 7.90. The van der Waals surface area contributed by atoms with E-state index in [2.05, 4.69) is 0 Å². The van der Waals surface area contributed by atoms with Gasteiger partial charge in [-0.1, -0.05) is 48.5 Å². The molecule has 0 atom stereocenters. The van der Waals surface area contributed by atoms with Crippen molar-refractivity contribution in [2.75, 3.05) is 0 Å². The van der Waals surface area contributed by atoms with Crippen LogP contribution in [0.5, 0.6) is 5.75 Å². The molecule has 4 rings (SSSR count). The highest BCUT2D eigenvalue weighted by atomic mass is 32.2. The molecular formula is C23H19NO5S2. The first-order valence-corrected chi connectivity index (χ1v) is 11.8. The van der Waals surface area contributed by atoms with Crippen molar-refractivity contribution in [1.82, 2.24) is 4.72 Å². The maximum atomic E-state index is 12.5. The van der Waals surface area contributed by atoms with Crippen LogP contribution in [0.2, 0.25) is 0 Å². The number of nitrogens with one attached hydrogen (secondary N) is 1. The van der Waals surface area contributed by atoms with Gasteiger partial charge in [-0.25, -0.2) is 4.72 Å². The van der Waals surface area contributed by atoms with Gasteiger partial charge in [0.05, 0.1) is 4.88 Å². The van der Waals surface area contributed by atoms with E-state index >= 15 is 0 Å². The van der Waals surface area contributed by atoms with Crippen molar-refractivity contribution in [1.29, 1.82) is 0 Å². The summed E-state index contributed by atoms with van der Waals surface area (Å²) in [5, 5.41) is 1.37. The Bertz CT molecular complexity index is 1280. The Hall–Kier alpha value is -3.36. The average Bonchev–Trinajstić information content (AvgIpc) is 3.44. The summed E-state index contributed by atoms with van der Waals surface area (Å²) in [5.74, 6) is 0.362. The number of carbonyl (C=O) groups is 1. The van der Waals surface area contributed by atoms with Gasteiger partial charge in [-0.3, -0.25) is 4.79 Å². The minimum absolute atomic E-state index is 0.133. The van der Waals surface area contributed by atoms with Crippen LogP contribution < -0.4 is 9.46 Å². The Kier molecular flexibility index (Phi) is 5.92. The van der Waals surface area contributed by atoms with Crippen molar-refractivity contribution in [2.24, 2.45) is 0 Å². The fourth-order valence-corrected chi connectivity index (χ4v) is 4.60. The Labute approximate surface area is 184 Å². The molecular weight excluding hydrogens is 434 g/mol. The quantitative estimate of drug-likeness (QED) is 0.425. The minimum atomic E-state index is -4.12. The van der Waals surface area contributed by atoms with Gasteiger partial charge < -0.3 is 9.15 Å². The first-order chi connectivity index (χ1) is 14.9. The second kappa shape index (κ2) is 8.79. The number of hydrogen-bond donors (Lipinski definition) is 1. The molecule has 8 heteroatoms. The molecule has 0 aliphatic rings. The molecule has 2 heterocycles. The zero-order valence-corrected chi connectivity index (χ0v) is 18.2. The predicted octanol–water partition coefficient (Wildman–Crippen LogP) is 5.01. The fourth-order valence-electron chi connectivity index (χ4n) is 2.93. The SMILES string of the molecule is Cc1oc(S(=O)(=O)NC(=O)c2cccs2)cc1COc1ccc(-c2ccccc2)cc1. The Morgan fingerprint density at radius 1 is 1.00 bits per heavy atom. The van der Waals surface area contributed by atoms with E-state index in [1.807, 2.05) is 59.3 Å². The van der Waals surface area contributed by atoms with E-state index in [0.717, 1.165) is 22.5 Å². The Balaban J connectivity index is 1.43. The number of hydrogen-bond acceptors (Lipinski definition) is 6. The minimum Gasteiger partial charge on any atom is -0.489 e. The van der Waals surface area contributed by atoms with Gasteiger partial charge in [0, 0.05) is 11.6 Å². The van der Waals surface area contributed by atoms with Gasteiger partial charge in [0.15, 0.2) is 0 Å². The molecule has 2 aromatic heterocycles. The molecule has 0 radical (unpaired) electrons. The Morgan fingerprint density at radius 3 is 2.39 bits per heavy atom. The second-order valence-electron chi connectivity index (χ2n) is 6.74. The molecule has 0 saturated heterocycles. The number of amides is 1. The van der Waals surface area contributed by atoms with E-state index in [0.29, 0.717) is 22.0 Å². The number of ether oxygens (including phenoxy) is 1. The average molecular weight is 454 g/mol. The topological polar surface area (TPSA) is 85.6 Å². The summed E-state index contributed by atoms with van der Waals surface area (Å²) in [6.45, 7) is 1.78. The lowest BCUT2D eigenvalue weighted by molar-refractivity contribution is 0.0984. The van der Waals surface area contributed by atoms with Crippen LogP contribution in [0.15, 0.2) is 87.7 Å². The van der Waals surface area contributed by atoms with Crippen LogP contribution in [0.3, 0.4) is 0 Å². The van der Waals surface area contributed by atoms with Crippen molar-refractivity contribution >= 4 is 27.3 Å². The molecule has 2 aromatic carbocycles. The molecule has 31 heavy (non-hydrogen) atoms. The Morgan fingerprint density at radius 2 is 1.71 bits per heavy atom. The van der Waals surface area contributed by atoms with Gasteiger partial charge in [0.1, 0.15) is 18.1 Å². The molecule has 0 fully saturated rings. The van der Waals surface area contributed by atoms with E-state index < -0.39 is 15.9 Å². The molecule has 0 bridgehead atoms. The van der Waals surface area contributed by atoms with Gasteiger partial charge >= 0.3 is 0 Å². The third-order valence-corrected chi connectivity index (χ3v) is 6.64. The number of sulfonamides is 1. The lowest BCUT2D eigenvalue weighted by Gasteiger charge is -2.07. The largest absolute Gasteiger partial charge is 0.489 e. The van der Waals surface area contributed by atoms with Gasteiger partial charge in [0.25, 0.3) is 15.9 Å². The number of rotatable bonds is 7. The van der Waals surface area contributed by atoms with Crippen LogP contribution in [0, 0.1) is 6.92 Å². The summed E-state index contributed by atoms with van der Waals surface area (Å²) >= 11 is 1.15. The van der Waals surface area contributed by atoms with Crippen molar-refractivity contribution in [3.63, 3.8) is 0 Å². The molecule has 0 spiro atoms. The van der Waals surface area contributed by atoms with Crippen LogP contribution in [0.25, 0.3) is 11.1 Å². The third-order valence-electron chi connectivity index (χ3n) is 4.59. The standard InChI is InChI=1S/C23H19NO5S2/c1-16-19(14-22(29-16)31(26,27)24-23(25)21-8-5-13-30-21)15-28-20-11-9-18(10-12-20)17-6-3-2-4-7-17/h2-14H,15H2,1H3,(H,24,25). The summed E-state index contributed by atoms with van der Waals surface area (Å²) in [6, 6.07) is 22.2. The predicted molar refractivity (Wildman–Crippen MR) is 119 cm³/mol. The number of furan rings is 1. The van der Waals surface area contributed by atoms with Crippen molar-refractivity contribution < 1.29 is 22.4 Å².